The molecule has 0 bridgehead atoms. The van der Waals surface area contributed by atoms with Crippen LogP contribution in [0.5, 0.6) is 0 Å². The summed E-state index contributed by atoms with van der Waals surface area (Å²) in [5.74, 6) is -0.176. The maximum Gasteiger partial charge on any atom is 0.146 e. The minimum Gasteiger partial charge on any atom is -0.372 e. The molecule has 0 amide bonds. The first-order valence-corrected chi connectivity index (χ1v) is 6.51. The van der Waals surface area contributed by atoms with Crippen LogP contribution in [0.3, 0.4) is 0 Å². The van der Waals surface area contributed by atoms with Crippen LogP contribution in [0.4, 0.5) is 10.1 Å². The van der Waals surface area contributed by atoms with E-state index in [4.69, 9.17) is 5.73 Å². The second-order valence-electron chi connectivity index (χ2n) is 6.19. The first-order valence-electron chi connectivity index (χ1n) is 6.51. The number of para-hydroxylation sites is 1. The highest BCUT2D eigenvalue weighted by molar-refractivity contribution is 5.46. The highest BCUT2D eigenvalue weighted by Gasteiger charge is 2.16. The van der Waals surface area contributed by atoms with E-state index in [2.05, 4.69) is 20.8 Å². The molecule has 1 unspecified atom stereocenters. The highest BCUT2D eigenvalue weighted by Crippen LogP contribution is 2.22. The Morgan fingerprint density at radius 3 is 2.44 bits per heavy atom. The summed E-state index contributed by atoms with van der Waals surface area (Å²) in [5.41, 5.74) is 6.99. The third kappa shape index (κ3) is 5.05. The van der Waals surface area contributed by atoms with Gasteiger partial charge in [-0.2, -0.15) is 0 Å². The Morgan fingerprint density at radius 2 is 1.89 bits per heavy atom. The number of benzene rings is 1. The van der Waals surface area contributed by atoms with Gasteiger partial charge in [-0.25, -0.2) is 4.39 Å². The lowest BCUT2D eigenvalue weighted by atomic mass is 9.87. The Hall–Kier alpha value is -1.09. The van der Waals surface area contributed by atoms with Crippen LogP contribution in [-0.2, 0) is 0 Å². The highest BCUT2D eigenvalue weighted by atomic mass is 19.1. The Kier molecular flexibility index (Phi) is 5.15. The zero-order valence-electron chi connectivity index (χ0n) is 11.9. The van der Waals surface area contributed by atoms with Crippen LogP contribution in [0.1, 0.15) is 33.6 Å². The molecule has 2 N–H and O–H groups in total. The Labute approximate surface area is 110 Å². The van der Waals surface area contributed by atoms with E-state index in [1.165, 1.54) is 6.07 Å². The molecule has 0 heterocycles. The van der Waals surface area contributed by atoms with Crippen molar-refractivity contribution < 1.29 is 4.39 Å². The van der Waals surface area contributed by atoms with E-state index in [0.717, 1.165) is 19.4 Å². The molecular weight excluding hydrogens is 227 g/mol. The van der Waals surface area contributed by atoms with E-state index >= 15 is 0 Å². The molecule has 0 fully saturated rings. The van der Waals surface area contributed by atoms with Crippen LogP contribution in [0.2, 0.25) is 0 Å². The molecule has 0 aromatic heterocycles. The van der Waals surface area contributed by atoms with Gasteiger partial charge < -0.3 is 10.6 Å². The van der Waals surface area contributed by atoms with E-state index in [-0.39, 0.29) is 17.3 Å². The second kappa shape index (κ2) is 6.19. The van der Waals surface area contributed by atoms with Crippen LogP contribution in [0, 0.1) is 11.2 Å². The molecule has 0 spiro atoms. The molecule has 1 aromatic carbocycles. The third-order valence-corrected chi connectivity index (χ3v) is 2.97. The van der Waals surface area contributed by atoms with Gasteiger partial charge in [0.2, 0.25) is 0 Å². The van der Waals surface area contributed by atoms with Crippen LogP contribution in [0.15, 0.2) is 24.3 Å². The third-order valence-electron chi connectivity index (χ3n) is 2.97. The van der Waals surface area contributed by atoms with Gasteiger partial charge in [0.15, 0.2) is 0 Å². The molecular formula is C15H25FN2. The number of nitrogens with zero attached hydrogens (tertiary/aromatic N) is 1. The number of hydrogen-bond acceptors (Lipinski definition) is 2. The molecule has 1 aromatic rings. The summed E-state index contributed by atoms with van der Waals surface area (Å²) in [6, 6.07) is 7.01. The molecule has 1 rings (SSSR count). The predicted molar refractivity (Wildman–Crippen MR) is 76.3 cm³/mol. The number of halogens is 1. The number of hydrogen-bond donors (Lipinski definition) is 1. The number of nitrogens with two attached hydrogens (primary N) is 1. The van der Waals surface area contributed by atoms with Gasteiger partial charge in [-0.15, -0.1) is 0 Å². The van der Waals surface area contributed by atoms with Gasteiger partial charge >= 0.3 is 0 Å². The first-order chi connectivity index (χ1) is 8.29. The molecule has 18 heavy (non-hydrogen) atoms. The molecule has 0 radical (unpaired) electrons. The zero-order valence-corrected chi connectivity index (χ0v) is 11.9. The fourth-order valence-electron chi connectivity index (χ4n) is 2.13. The zero-order chi connectivity index (χ0) is 13.8. The fourth-order valence-corrected chi connectivity index (χ4v) is 2.13. The maximum absolute atomic E-state index is 13.6. The second-order valence-corrected chi connectivity index (χ2v) is 6.19. The summed E-state index contributed by atoms with van der Waals surface area (Å²) >= 11 is 0. The summed E-state index contributed by atoms with van der Waals surface area (Å²) in [6.07, 6.45) is 1.86. The van der Waals surface area contributed by atoms with E-state index in [0.29, 0.717) is 5.69 Å². The van der Waals surface area contributed by atoms with Gasteiger partial charge in [-0.1, -0.05) is 32.9 Å². The fraction of sp³-hybridized carbons (Fsp3) is 0.600. The van der Waals surface area contributed by atoms with Crippen molar-refractivity contribution in [1.29, 1.82) is 0 Å². The van der Waals surface area contributed by atoms with Crippen LogP contribution >= 0.6 is 0 Å². The molecule has 2 nitrogen and oxygen atoms in total. The van der Waals surface area contributed by atoms with E-state index in [1.807, 2.05) is 18.0 Å². The van der Waals surface area contributed by atoms with Crippen molar-refractivity contribution in [3.05, 3.63) is 30.1 Å². The summed E-state index contributed by atoms with van der Waals surface area (Å²) in [6.45, 7) is 7.34. The largest absolute Gasteiger partial charge is 0.372 e. The van der Waals surface area contributed by atoms with Crippen LogP contribution in [-0.4, -0.2) is 19.6 Å². The number of rotatable bonds is 5. The van der Waals surface area contributed by atoms with Crippen molar-refractivity contribution >= 4 is 5.69 Å². The topological polar surface area (TPSA) is 29.3 Å². The van der Waals surface area contributed by atoms with E-state index in [9.17, 15) is 4.39 Å². The molecule has 0 aliphatic carbocycles. The van der Waals surface area contributed by atoms with Crippen LogP contribution < -0.4 is 10.6 Å². The molecule has 3 heteroatoms. The summed E-state index contributed by atoms with van der Waals surface area (Å²) in [7, 11) is 1.90. The first kappa shape index (κ1) is 15.0. The van der Waals surface area contributed by atoms with Gasteiger partial charge in [-0.05, 0) is 30.4 Å². The van der Waals surface area contributed by atoms with E-state index in [1.54, 1.807) is 12.1 Å². The van der Waals surface area contributed by atoms with Crippen molar-refractivity contribution in [1.82, 2.24) is 0 Å². The Bertz CT molecular complexity index is 371. The maximum atomic E-state index is 13.6. The standard InChI is InChI=1S/C15H25FN2/c1-15(2,3)11-12(17)9-10-18(4)14-8-6-5-7-13(14)16/h5-8,12H,9-11,17H2,1-4H3. The molecule has 0 aliphatic rings. The molecule has 0 saturated carbocycles. The lowest BCUT2D eigenvalue weighted by Crippen LogP contribution is -2.31. The van der Waals surface area contributed by atoms with Crippen molar-refractivity contribution in [3.8, 4) is 0 Å². The minimum absolute atomic E-state index is 0.166. The molecule has 1 atom stereocenters. The average molecular weight is 252 g/mol. The normalized spacial score (nSPS) is 13.4. The van der Waals surface area contributed by atoms with Gasteiger partial charge in [-0.3, -0.25) is 0 Å². The Morgan fingerprint density at radius 1 is 1.28 bits per heavy atom. The molecule has 0 saturated heterocycles. The van der Waals surface area contributed by atoms with Gasteiger partial charge in [0, 0.05) is 19.6 Å². The summed E-state index contributed by atoms with van der Waals surface area (Å²) in [4.78, 5) is 1.93. The smallest absolute Gasteiger partial charge is 0.146 e. The van der Waals surface area contributed by atoms with Gasteiger partial charge in [0.05, 0.1) is 5.69 Å². The Balaban J connectivity index is 2.47. The average Bonchev–Trinajstić information content (AvgIpc) is 2.24. The van der Waals surface area contributed by atoms with Crippen molar-refractivity contribution in [3.63, 3.8) is 0 Å². The molecule has 0 aliphatic heterocycles. The monoisotopic (exact) mass is 252 g/mol. The minimum atomic E-state index is -0.176. The number of anilines is 1. The summed E-state index contributed by atoms with van der Waals surface area (Å²) in [5, 5.41) is 0. The van der Waals surface area contributed by atoms with Gasteiger partial charge in [0.1, 0.15) is 5.82 Å². The summed E-state index contributed by atoms with van der Waals surface area (Å²) < 4.78 is 13.6. The van der Waals surface area contributed by atoms with Crippen molar-refractivity contribution in [2.75, 3.05) is 18.5 Å². The van der Waals surface area contributed by atoms with E-state index < -0.39 is 0 Å². The van der Waals surface area contributed by atoms with Gasteiger partial charge in [0.25, 0.3) is 0 Å². The van der Waals surface area contributed by atoms with Crippen LogP contribution in [0.25, 0.3) is 0 Å². The van der Waals surface area contributed by atoms with Crippen molar-refractivity contribution in [2.45, 2.75) is 39.7 Å². The lowest BCUT2D eigenvalue weighted by Gasteiger charge is -2.26. The quantitative estimate of drug-likeness (QED) is 0.870. The SMILES string of the molecule is CN(CCC(N)CC(C)(C)C)c1ccccc1F. The lowest BCUT2D eigenvalue weighted by molar-refractivity contribution is 0.332. The predicted octanol–water partition coefficient (Wildman–Crippen LogP) is 3.42. The molecule has 102 valence electrons. The van der Waals surface area contributed by atoms with Crippen molar-refractivity contribution in [2.24, 2.45) is 11.1 Å².